The lowest BCUT2D eigenvalue weighted by molar-refractivity contribution is 0.158. The lowest BCUT2D eigenvalue weighted by atomic mass is 10.1. The highest BCUT2D eigenvalue weighted by Crippen LogP contribution is 2.18. The molecule has 5 nitrogen and oxygen atoms in total. The lowest BCUT2D eigenvalue weighted by Crippen LogP contribution is -2.36. The van der Waals surface area contributed by atoms with Crippen LogP contribution in [0.5, 0.6) is 0 Å². The Bertz CT molecular complexity index is 523. The first kappa shape index (κ1) is 12.3. The van der Waals surface area contributed by atoms with Crippen molar-refractivity contribution < 1.29 is 4.74 Å². The molecule has 0 unspecified atom stereocenters. The van der Waals surface area contributed by atoms with Crippen LogP contribution in [0.15, 0.2) is 22.8 Å². The molecular weight excluding hydrogens is 284 g/mol. The quantitative estimate of drug-likeness (QED) is 0.941. The van der Waals surface area contributed by atoms with E-state index in [1.807, 2.05) is 32.2 Å². The summed E-state index contributed by atoms with van der Waals surface area (Å²) in [7, 11) is 1.68. The van der Waals surface area contributed by atoms with E-state index in [-0.39, 0.29) is 5.54 Å². The third kappa shape index (κ3) is 2.76. The van der Waals surface area contributed by atoms with Gasteiger partial charge in [-0.15, -0.1) is 5.10 Å². The highest BCUT2D eigenvalue weighted by atomic mass is 79.9. The maximum Gasteiger partial charge on any atom is 0.243 e. The van der Waals surface area contributed by atoms with Gasteiger partial charge in [0.2, 0.25) is 5.95 Å². The second-order valence-electron chi connectivity index (χ2n) is 4.50. The van der Waals surface area contributed by atoms with Crippen LogP contribution in [0.3, 0.4) is 0 Å². The molecule has 0 atom stereocenters. The molecule has 1 N–H and O–H groups in total. The number of hydrogen-bond acceptors (Lipinski definition) is 4. The van der Waals surface area contributed by atoms with Gasteiger partial charge in [-0.25, -0.2) is 4.52 Å². The fourth-order valence-corrected chi connectivity index (χ4v) is 2.05. The molecule has 0 radical (unpaired) electrons. The second-order valence-corrected chi connectivity index (χ2v) is 5.36. The zero-order chi connectivity index (χ0) is 12.5. The van der Waals surface area contributed by atoms with Gasteiger partial charge in [-0.2, -0.15) is 4.98 Å². The number of nitrogens with one attached hydrogen (secondary N) is 1. The molecule has 2 heterocycles. The van der Waals surface area contributed by atoms with Crippen LogP contribution in [0.4, 0.5) is 5.95 Å². The standard InChI is InChI=1S/C11H15BrN4O/c1-11(2,7-17-3)14-10-13-9-8(12)5-4-6-16(9)15-10/h4-6H,7H2,1-3H3,(H,14,15). The molecular formula is C11H15BrN4O. The highest BCUT2D eigenvalue weighted by molar-refractivity contribution is 9.10. The molecule has 2 rings (SSSR count). The minimum atomic E-state index is -0.202. The first-order valence-electron chi connectivity index (χ1n) is 5.30. The Morgan fingerprint density at radius 2 is 2.29 bits per heavy atom. The van der Waals surface area contributed by atoms with Gasteiger partial charge in [0.05, 0.1) is 16.6 Å². The molecule has 0 spiro atoms. The normalized spacial score (nSPS) is 12.0. The fourth-order valence-electron chi connectivity index (χ4n) is 1.63. The summed E-state index contributed by atoms with van der Waals surface area (Å²) in [6.45, 7) is 4.66. The number of aromatic nitrogens is 3. The number of ether oxygens (including phenoxy) is 1. The summed E-state index contributed by atoms with van der Waals surface area (Å²) in [5.41, 5.74) is 0.592. The number of hydrogen-bond donors (Lipinski definition) is 1. The van der Waals surface area contributed by atoms with Crippen molar-refractivity contribution >= 4 is 27.5 Å². The van der Waals surface area contributed by atoms with Crippen molar-refractivity contribution in [2.75, 3.05) is 19.0 Å². The van der Waals surface area contributed by atoms with Crippen molar-refractivity contribution in [3.63, 3.8) is 0 Å². The minimum absolute atomic E-state index is 0.202. The molecule has 0 saturated carbocycles. The summed E-state index contributed by atoms with van der Waals surface area (Å²) < 4.78 is 7.80. The number of halogens is 1. The maximum atomic E-state index is 5.14. The number of rotatable bonds is 4. The van der Waals surface area contributed by atoms with Crippen LogP contribution in [0, 0.1) is 0 Å². The lowest BCUT2D eigenvalue weighted by Gasteiger charge is -2.23. The second kappa shape index (κ2) is 4.62. The zero-order valence-corrected chi connectivity index (χ0v) is 11.7. The average molecular weight is 299 g/mol. The van der Waals surface area contributed by atoms with Gasteiger partial charge in [0, 0.05) is 13.3 Å². The van der Waals surface area contributed by atoms with E-state index in [1.54, 1.807) is 11.6 Å². The topological polar surface area (TPSA) is 51.5 Å². The Balaban J connectivity index is 2.28. The number of nitrogens with zero attached hydrogens (tertiary/aromatic N) is 3. The smallest absolute Gasteiger partial charge is 0.243 e. The van der Waals surface area contributed by atoms with Gasteiger partial charge in [0.25, 0.3) is 0 Å². The Morgan fingerprint density at radius 1 is 1.53 bits per heavy atom. The van der Waals surface area contributed by atoms with E-state index in [9.17, 15) is 0 Å². The first-order valence-corrected chi connectivity index (χ1v) is 6.09. The maximum absolute atomic E-state index is 5.14. The van der Waals surface area contributed by atoms with E-state index in [4.69, 9.17) is 4.74 Å². The molecule has 0 saturated heterocycles. The van der Waals surface area contributed by atoms with Crippen LogP contribution in [-0.2, 0) is 4.74 Å². The number of methoxy groups -OCH3 is 1. The predicted molar refractivity (Wildman–Crippen MR) is 70.3 cm³/mol. The zero-order valence-electron chi connectivity index (χ0n) is 10.1. The summed E-state index contributed by atoms with van der Waals surface area (Å²) >= 11 is 3.44. The number of fused-ring (bicyclic) bond motifs is 1. The van der Waals surface area contributed by atoms with E-state index < -0.39 is 0 Å². The predicted octanol–water partition coefficient (Wildman–Crippen LogP) is 2.33. The molecule has 0 bridgehead atoms. The Kier molecular flexibility index (Phi) is 3.35. The van der Waals surface area contributed by atoms with Crippen LogP contribution in [0.25, 0.3) is 5.65 Å². The number of anilines is 1. The number of pyridine rings is 1. The van der Waals surface area contributed by atoms with Gasteiger partial charge >= 0.3 is 0 Å². The molecule has 0 amide bonds. The summed E-state index contributed by atoms with van der Waals surface area (Å²) in [5, 5.41) is 7.60. The molecule has 2 aromatic heterocycles. The van der Waals surface area contributed by atoms with Crippen molar-refractivity contribution in [1.29, 1.82) is 0 Å². The monoisotopic (exact) mass is 298 g/mol. The Hall–Kier alpha value is -1.14. The van der Waals surface area contributed by atoms with Gasteiger partial charge in [0.1, 0.15) is 0 Å². The average Bonchev–Trinajstić information content (AvgIpc) is 2.60. The van der Waals surface area contributed by atoms with Gasteiger partial charge < -0.3 is 10.1 Å². The van der Waals surface area contributed by atoms with E-state index >= 15 is 0 Å². The van der Waals surface area contributed by atoms with Crippen molar-refractivity contribution in [3.8, 4) is 0 Å². The molecule has 2 aromatic rings. The molecule has 17 heavy (non-hydrogen) atoms. The summed E-state index contributed by atoms with van der Waals surface area (Å²) in [5.74, 6) is 0.596. The van der Waals surface area contributed by atoms with Crippen LogP contribution in [0.2, 0.25) is 0 Å². The van der Waals surface area contributed by atoms with Crippen LogP contribution < -0.4 is 5.32 Å². The largest absolute Gasteiger partial charge is 0.382 e. The van der Waals surface area contributed by atoms with E-state index in [1.165, 1.54) is 0 Å². The van der Waals surface area contributed by atoms with Gasteiger partial charge in [0.15, 0.2) is 5.65 Å². The molecule has 6 heteroatoms. The Morgan fingerprint density at radius 3 is 2.94 bits per heavy atom. The molecule has 0 aliphatic heterocycles. The van der Waals surface area contributed by atoms with Crippen molar-refractivity contribution in [2.24, 2.45) is 0 Å². The van der Waals surface area contributed by atoms with Crippen LogP contribution in [0.1, 0.15) is 13.8 Å². The molecule has 92 valence electrons. The summed E-state index contributed by atoms with van der Waals surface area (Å²) in [6, 6.07) is 3.85. The van der Waals surface area contributed by atoms with Crippen LogP contribution >= 0.6 is 15.9 Å². The Labute approximate surface area is 108 Å². The van der Waals surface area contributed by atoms with E-state index in [0.29, 0.717) is 12.6 Å². The molecule has 0 aromatic carbocycles. The van der Waals surface area contributed by atoms with Crippen LogP contribution in [-0.4, -0.2) is 33.9 Å². The highest BCUT2D eigenvalue weighted by Gasteiger charge is 2.19. The third-order valence-corrected chi connectivity index (χ3v) is 2.89. The van der Waals surface area contributed by atoms with Gasteiger partial charge in [-0.1, -0.05) is 0 Å². The van der Waals surface area contributed by atoms with Gasteiger partial charge in [-0.3, -0.25) is 0 Å². The third-order valence-electron chi connectivity index (χ3n) is 2.27. The molecule has 0 aliphatic rings. The minimum Gasteiger partial charge on any atom is -0.382 e. The van der Waals surface area contributed by atoms with E-state index in [2.05, 4.69) is 31.3 Å². The molecule has 0 aliphatic carbocycles. The van der Waals surface area contributed by atoms with Crippen molar-refractivity contribution in [1.82, 2.24) is 14.6 Å². The first-order chi connectivity index (χ1) is 8.02. The molecule has 0 fully saturated rings. The summed E-state index contributed by atoms with van der Waals surface area (Å²) in [4.78, 5) is 4.42. The summed E-state index contributed by atoms with van der Waals surface area (Å²) in [6.07, 6.45) is 1.86. The van der Waals surface area contributed by atoms with Crippen molar-refractivity contribution in [2.45, 2.75) is 19.4 Å². The van der Waals surface area contributed by atoms with Gasteiger partial charge in [-0.05, 0) is 41.9 Å². The van der Waals surface area contributed by atoms with Crippen molar-refractivity contribution in [3.05, 3.63) is 22.8 Å². The van der Waals surface area contributed by atoms with E-state index in [0.717, 1.165) is 10.1 Å². The SMILES string of the molecule is COCC(C)(C)Nc1nc2c(Br)cccn2n1. The fraction of sp³-hybridized carbons (Fsp3) is 0.455.